The second-order valence-corrected chi connectivity index (χ2v) is 7.27. The summed E-state index contributed by atoms with van der Waals surface area (Å²) < 4.78 is 24.2. The molecule has 0 aliphatic heterocycles. The monoisotopic (exact) mass is 288 g/mol. The van der Waals surface area contributed by atoms with E-state index in [0.29, 0.717) is 11.3 Å². The van der Waals surface area contributed by atoms with Crippen molar-refractivity contribution < 1.29 is 18.3 Å². The summed E-state index contributed by atoms with van der Waals surface area (Å²) in [6, 6.07) is 4.18. The number of carboxylic acid groups (broad SMARTS) is 1. The minimum Gasteiger partial charge on any atom is -0.478 e. The zero-order valence-electron chi connectivity index (χ0n) is 10.3. The standard InChI is InChI=1S/C12H16O4S2/c1-3-17-6-7-18(15,16)11-8-10(12(13)14)5-4-9(11)2/h4-5,8H,3,6-7H2,1-2H3,(H,13,14). The quantitative estimate of drug-likeness (QED) is 0.813. The third-order valence-electron chi connectivity index (χ3n) is 2.47. The Hall–Kier alpha value is -1.01. The molecule has 6 heteroatoms. The highest BCUT2D eigenvalue weighted by atomic mass is 32.2. The largest absolute Gasteiger partial charge is 0.478 e. The minimum absolute atomic E-state index is 0.00215. The molecule has 0 saturated heterocycles. The maximum absolute atomic E-state index is 12.1. The first-order chi connectivity index (χ1) is 8.38. The molecule has 1 aromatic carbocycles. The van der Waals surface area contributed by atoms with Crippen LogP contribution < -0.4 is 0 Å². The fraction of sp³-hybridized carbons (Fsp3) is 0.417. The van der Waals surface area contributed by atoms with Gasteiger partial charge in [0, 0.05) is 5.75 Å². The van der Waals surface area contributed by atoms with Crippen LogP contribution in [0, 0.1) is 6.92 Å². The van der Waals surface area contributed by atoms with Crippen molar-refractivity contribution >= 4 is 27.6 Å². The van der Waals surface area contributed by atoms with Crippen LogP contribution in [0.2, 0.25) is 0 Å². The molecule has 0 amide bonds. The first kappa shape index (κ1) is 15.0. The zero-order chi connectivity index (χ0) is 13.8. The van der Waals surface area contributed by atoms with E-state index in [4.69, 9.17) is 5.11 Å². The predicted octanol–water partition coefficient (Wildman–Crippen LogP) is 2.22. The van der Waals surface area contributed by atoms with E-state index in [-0.39, 0.29) is 16.2 Å². The van der Waals surface area contributed by atoms with Gasteiger partial charge in [0.25, 0.3) is 0 Å². The van der Waals surface area contributed by atoms with Crippen LogP contribution >= 0.6 is 11.8 Å². The Morgan fingerprint density at radius 2 is 2.06 bits per heavy atom. The van der Waals surface area contributed by atoms with Crippen LogP contribution in [0.25, 0.3) is 0 Å². The van der Waals surface area contributed by atoms with Gasteiger partial charge in [0.2, 0.25) is 0 Å². The van der Waals surface area contributed by atoms with Gasteiger partial charge in [-0.2, -0.15) is 11.8 Å². The summed E-state index contributed by atoms with van der Waals surface area (Å²) in [5, 5.41) is 8.88. The van der Waals surface area contributed by atoms with Gasteiger partial charge in [0.15, 0.2) is 9.84 Å². The van der Waals surface area contributed by atoms with Crippen LogP contribution in [0.3, 0.4) is 0 Å². The van der Waals surface area contributed by atoms with E-state index in [1.807, 2.05) is 6.92 Å². The van der Waals surface area contributed by atoms with Crippen molar-refractivity contribution in [3.8, 4) is 0 Å². The molecule has 18 heavy (non-hydrogen) atoms. The van der Waals surface area contributed by atoms with Gasteiger partial charge < -0.3 is 5.11 Å². The molecule has 0 saturated carbocycles. The van der Waals surface area contributed by atoms with Gasteiger partial charge in [-0.3, -0.25) is 0 Å². The molecule has 0 aliphatic carbocycles. The van der Waals surface area contributed by atoms with Crippen molar-refractivity contribution in [2.75, 3.05) is 17.3 Å². The Morgan fingerprint density at radius 1 is 1.39 bits per heavy atom. The van der Waals surface area contributed by atoms with Crippen LogP contribution in [0.15, 0.2) is 23.1 Å². The number of aryl methyl sites for hydroxylation is 1. The highest BCUT2D eigenvalue weighted by molar-refractivity contribution is 8.00. The van der Waals surface area contributed by atoms with E-state index in [1.54, 1.807) is 18.7 Å². The number of hydrogen-bond acceptors (Lipinski definition) is 4. The number of carboxylic acids is 1. The van der Waals surface area contributed by atoms with Gasteiger partial charge in [-0.25, -0.2) is 13.2 Å². The highest BCUT2D eigenvalue weighted by Crippen LogP contribution is 2.19. The van der Waals surface area contributed by atoms with Crippen LogP contribution in [-0.2, 0) is 9.84 Å². The third-order valence-corrected chi connectivity index (χ3v) is 5.48. The van der Waals surface area contributed by atoms with E-state index in [1.165, 1.54) is 18.2 Å². The number of benzene rings is 1. The van der Waals surface area contributed by atoms with Crippen molar-refractivity contribution in [2.45, 2.75) is 18.7 Å². The summed E-state index contributed by atoms with van der Waals surface area (Å²) in [5.41, 5.74) is 0.587. The summed E-state index contributed by atoms with van der Waals surface area (Å²) in [5.74, 6) is 0.309. The van der Waals surface area contributed by atoms with Crippen LogP contribution in [0.4, 0.5) is 0 Å². The van der Waals surface area contributed by atoms with Gasteiger partial charge >= 0.3 is 5.97 Å². The van der Waals surface area contributed by atoms with Gasteiger partial charge in [-0.15, -0.1) is 0 Å². The normalized spacial score (nSPS) is 11.4. The Bertz CT molecular complexity index is 535. The summed E-state index contributed by atoms with van der Waals surface area (Å²) in [6.45, 7) is 3.64. The predicted molar refractivity (Wildman–Crippen MR) is 73.2 cm³/mol. The van der Waals surface area contributed by atoms with Gasteiger partial charge in [-0.05, 0) is 30.4 Å². The molecule has 0 bridgehead atoms. The maximum Gasteiger partial charge on any atom is 0.335 e. The molecule has 0 unspecified atom stereocenters. The van der Waals surface area contributed by atoms with Crippen molar-refractivity contribution in [2.24, 2.45) is 0 Å². The maximum atomic E-state index is 12.1. The molecule has 0 aliphatic rings. The van der Waals surface area contributed by atoms with E-state index in [2.05, 4.69) is 0 Å². The Morgan fingerprint density at radius 3 is 2.61 bits per heavy atom. The molecule has 1 aromatic rings. The lowest BCUT2D eigenvalue weighted by Crippen LogP contribution is -2.12. The first-order valence-electron chi connectivity index (χ1n) is 5.53. The summed E-state index contributed by atoms with van der Waals surface area (Å²) >= 11 is 1.55. The number of carbonyl (C=O) groups is 1. The zero-order valence-corrected chi connectivity index (χ0v) is 12.0. The van der Waals surface area contributed by atoms with E-state index in [0.717, 1.165) is 5.75 Å². The highest BCUT2D eigenvalue weighted by Gasteiger charge is 2.18. The molecule has 0 spiro atoms. The molecule has 100 valence electrons. The number of thioether (sulfide) groups is 1. The summed E-state index contributed by atoms with van der Waals surface area (Å²) in [4.78, 5) is 11.0. The van der Waals surface area contributed by atoms with Crippen molar-refractivity contribution in [3.05, 3.63) is 29.3 Å². The third kappa shape index (κ3) is 3.74. The van der Waals surface area contributed by atoms with Gasteiger partial charge in [-0.1, -0.05) is 13.0 Å². The number of hydrogen-bond donors (Lipinski definition) is 1. The minimum atomic E-state index is -3.40. The summed E-state index contributed by atoms with van der Waals surface area (Å²) in [7, 11) is -3.40. The second-order valence-electron chi connectivity index (χ2n) is 3.80. The molecule has 1 N–H and O–H groups in total. The van der Waals surface area contributed by atoms with Crippen molar-refractivity contribution in [1.29, 1.82) is 0 Å². The van der Waals surface area contributed by atoms with E-state index >= 15 is 0 Å². The van der Waals surface area contributed by atoms with Crippen molar-refractivity contribution in [1.82, 2.24) is 0 Å². The van der Waals surface area contributed by atoms with Gasteiger partial charge in [0.05, 0.1) is 16.2 Å². The average Bonchev–Trinajstić information content (AvgIpc) is 2.29. The number of sulfone groups is 1. The van der Waals surface area contributed by atoms with E-state index < -0.39 is 15.8 Å². The van der Waals surface area contributed by atoms with Crippen molar-refractivity contribution in [3.63, 3.8) is 0 Å². The summed E-state index contributed by atoms with van der Waals surface area (Å²) in [6.07, 6.45) is 0. The number of rotatable bonds is 6. The lowest BCUT2D eigenvalue weighted by Gasteiger charge is -2.08. The Labute approximate surface area is 111 Å². The number of aromatic carboxylic acids is 1. The molecule has 0 radical (unpaired) electrons. The van der Waals surface area contributed by atoms with E-state index in [9.17, 15) is 13.2 Å². The van der Waals surface area contributed by atoms with Crippen LogP contribution in [0.1, 0.15) is 22.8 Å². The fourth-order valence-electron chi connectivity index (χ4n) is 1.49. The average molecular weight is 288 g/mol. The lowest BCUT2D eigenvalue weighted by molar-refractivity contribution is 0.0696. The smallest absolute Gasteiger partial charge is 0.335 e. The second kappa shape index (κ2) is 6.24. The molecule has 0 heterocycles. The lowest BCUT2D eigenvalue weighted by atomic mass is 10.1. The molecular weight excluding hydrogens is 272 g/mol. The van der Waals surface area contributed by atoms with Crippen LogP contribution in [0.5, 0.6) is 0 Å². The van der Waals surface area contributed by atoms with Crippen LogP contribution in [-0.4, -0.2) is 36.8 Å². The molecular formula is C12H16O4S2. The molecule has 4 nitrogen and oxygen atoms in total. The Kier molecular flexibility index (Phi) is 5.22. The molecule has 1 rings (SSSR count). The topological polar surface area (TPSA) is 71.4 Å². The Balaban J connectivity index is 3.07. The molecule has 0 aromatic heterocycles. The van der Waals surface area contributed by atoms with Gasteiger partial charge in [0.1, 0.15) is 0 Å². The SMILES string of the molecule is CCSCCS(=O)(=O)c1cc(C(=O)O)ccc1C. The molecule has 0 fully saturated rings. The molecule has 0 atom stereocenters. The fourth-order valence-corrected chi connectivity index (χ4v) is 4.21. The first-order valence-corrected chi connectivity index (χ1v) is 8.33.